The van der Waals surface area contributed by atoms with Gasteiger partial charge < -0.3 is 29.2 Å². The van der Waals surface area contributed by atoms with Crippen molar-refractivity contribution in [3.63, 3.8) is 0 Å². The maximum atomic E-state index is 12.6. The molecule has 0 aliphatic carbocycles. The third-order valence-electron chi connectivity index (χ3n) is 4.27. The molecule has 0 aliphatic rings. The van der Waals surface area contributed by atoms with Gasteiger partial charge in [-0.1, -0.05) is 12.2 Å². The molecule has 0 fully saturated rings. The number of hydrogen-bond acceptors (Lipinski definition) is 10. The average molecular weight is 671 g/mol. The van der Waals surface area contributed by atoms with E-state index in [4.69, 9.17) is 56.0 Å². The van der Waals surface area contributed by atoms with Gasteiger partial charge in [0.25, 0.3) is 0 Å². The smallest absolute Gasteiger partial charge is 0.493 e. The first-order valence-electron chi connectivity index (χ1n) is 11.5. The van der Waals surface area contributed by atoms with Gasteiger partial charge in [-0.15, -0.1) is 36.4 Å². The van der Waals surface area contributed by atoms with Gasteiger partial charge in [-0.3, -0.25) is 28.4 Å². The molecule has 0 aliphatic heterocycles. The lowest BCUT2D eigenvalue weighted by Crippen LogP contribution is -2.12. The fraction of sp³-hybridized carbons (Fsp3) is 0.250. The topological polar surface area (TPSA) is 188 Å². The summed E-state index contributed by atoms with van der Waals surface area (Å²) in [5.41, 5.74) is 0.667. The standard InChI is InChI=1S/C15H19ClNO6P.C9H11ClNO6P/c1-4-8-21-24(19,22-9-5-2)23-14-10-12(17-15(18)11-16)6-7-13(14)20-3;1-16-7-3-2-6(11-9(12)5-10)4-8(7)17-18(13,14)15/h4-7,10H,1-2,8-9,11H2,3H3,(H,17,18);2-4H,5H2,1H3,(H,11,12)(H2,13,14,15). The molecular formula is C24H30Cl2N2O12P2. The van der Waals surface area contributed by atoms with Crippen molar-refractivity contribution in [1.82, 2.24) is 0 Å². The van der Waals surface area contributed by atoms with E-state index in [9.17, 15) is 18.7 Å². The highest BCUT2D eigenvalue weighted by Gasteiger charge is 2.29. The maximum absolute atomic E-state index is 12.6. The molecule has 0 unspecified atom stereocenters. The van der Waals surface area contributed by atoms with E-state index in [-0.39, 0.29) is 53.7 Å². The molecule has 0 aromatic heterocycles. The molecule has 42 heavy (non-hydrogen) atoms. The predicted molar refractivity (Wildman–Crippen MR) is 158 cm³/mol. The lowest BCUT2D eigenvalue weighted by molar-refractivity contribution is -0.114. The van der Waals surface area contributed by atoms with Crippen molar-refractivity contribution in [3.05, 3.63) is 61.7 Å². The monoisotopic (exact) mass is 670 g/mol. The Balaban J connectivity index is 0.000000437. The molecule has 2 aromatic carbocycles. The van der Waals surface area contributed by atoms with Crippen molar-refractivity contribution in [2.24, 2.45) is 0 Å². The van der Waals surface area contributed by atoms with Gasteiger partial charge in [-0.25, -0.2) is 9.13 Å². The van der Waals surface area contributed by atoms with Crippen LogP contribution in [0.3, 0.4) is 0 Å². The first kappa shape index (κ1) is 37.0. The van der Waals surface area contributed by atoms with Crippen molar-refractivity contribution in [1.29, 1.82) is 0 Å². The highest BCUT2D eigenvalue weighted by atomic mass is 35.5. The van der Waals surface area contributed by atoms with Crippen LogP contribution in [0.4, 0.5) is 11.4 Å². The summed E-state index contributed by atoms with van der Waals surface area (Å²) in [6.07, 6.45) is 2.81. The number of benzene rings is 2. The maximum Gasteiger partial charge on any atom is 0.530 e. The Morgan fingerprint density at radius 2 is 1.19 bits per heavy atom. The molecule has 2 rings (SSSR count). The number of alkyl halides is 2. The van der Waals surface area contributed by atoms with Crippen LogP contribution in [0.2, 0.25) is 0 Å². The van der Waals surface area contributed by atoms with Gasteiger partial charge in [0.1, 0.15) is 11.8 Å². The minimum absolute atomic E-state index is 0.0423. The molecule has 2 amide bonds. The normalized spacial score (nSPS) is 10.8. The summed E-state index contributed by atoms with van der Waals surface area (Å²) in [6, 6.07) is 8.64. The molecule has 0 saturated carbocycles. The van der Waals surface area contributed by atoms with Crippen LogP contribution >= 0.6 is 38.8 Å². The number of anilines is 2. The lowest BCUT2D eigenvalue weighted by atomic mass is 10.3. The zero-order valence-corrected chi connectivity index (χ0v) is 25.8. The number of amides is 2. The fourth-order valence-corrected chi connectivity index (χ4v) is 4.34. The van der Waals surface area contributed by atoms with Crippen LogP contribution in [0, 0.1) is 0 Å². The summed E-state index contributed by atoms with van der Waals surface area (Å²) in [5, 5.41) is 4.95. The summed E-state index contributed by atoms with van der Waals surface area (Å²) in [6.45, 7) is 6.87. The SMILES string of the molecule is C=CCOP(=O)(OCC=C)Oc1cc(NC(=O)CCl)ccc1OC.COc1ccc(NC(=O)CCl)cc1OP(=O)(O)O. The van der Waals surface area contributed by atoms with Crippen LogP contribution < -0.4 is 29.2 Å². The number of ether oxygens (including phenoxy) is 2. The minimum atomic E-state index is -4.71. The molecule has 14 nitrogen and oxygen atoms in total. The molecule has 0 radical (unpaired) electrons. The highest BCUT2D eigenvalue weighted by Crippen LogP contribution is 2.52. The van der Waals surface area contributed by atoms with Gasteiger partial charge in [0.2, 0.25) is 11.8 Å². The van der Waals surface area contributed by atoms with Crippen LogP contribution in [0.15, 0.2) is 61.7 Å². The van der Waals surface area contributed by atoms with E-state index in [1.54, 1.807) is 6.07 Å². The van der Waals surface area contributed by atoms with Crippen molar-refractivity contribution >= 4 is 62.0 Å². The van der Waals surface area contributed by atoms with Crippen molar-refractivity contribution in [3.8, 4) is 23.0 Å². The van der Waals surface area contributed by atoms with Crippen molar-refractivity contribution < 1.29 is 56.1 Å². The van der Waals surface area contributed by atoms with Gasteiger partial charge >= 0.3 is 15.6 Å². The molecule has 0 spiro atoms. The quantitative estimate of drug-likeness (QED) is 0.105. The number of phosphoric acid groups is 2. The second-order valence-corrected chi connectivity index (χ2v) is 10.7. The van der Waals surface area contributed by atoms with Gasteiger partial charge in [0.15, 0.2) is 23.0 Å². The summed E-state index contributed by atoms with van der Waals surface area (Å²) in [7, 11) is -5.91. The van der Waals surface area contributed by atoms with Crippen LogP contribution in [-0.4, -0.2) is 60.8 Å². The zero-order valence-electron chi connectivity index (χ0n) is 22.5. The Hall–Kier alpha value is -3.06. The van der Waals surface area contributed by atoms with E-state index in [0.717, 1.165) is 0 Å². The lowest BCUT2D eigenvalue weighted by Gasteiger charge is -2.19. The van der Waals surface area contributed by atoms with Crippen molar-refractivity contribution in [2.75, 3.05) is 49.8 Å². The number of hydrogen-bond donors (Lipinski definition) is 4. The van der Waals surface area contributed by atoms with Gasteiger partial charge in [0.05, 0.1) is 27.4 Å². The summed E-state index contributed by atoms with van der Waals surface area (Å²) < 4.78 is 53.5. The molecule has 232 valence electrons. The van der Waals surface area contributed by atoms with Gasteiger partial charge in [-0.05, 0) is 24.3 Å². The Kier molecular flexibility index (Phi) is 16.3. The molecule has 0 saturated heterocycles. The molecule has 2 aromatic rings. The Bertz CT molecular complexity index is 1310. The highest BCUT2D eigenvalue weighted by molar-refractivity contribution is 7.49. The Morgan fingerprint density at radius 1 is 0.786 bits per heavy atom. The number of carbonyl (C=O) groups excluding carboxylic acids is 2. The number of halogens is 2. The first-order chi connectivity index (χ1) is 19.8. The second kappa shape index (κ2) is 18.5. The predicted octanol–water partition coefficient (Wildman–Crippen LogP) is 5.11. The fourth-order valence-electron chi connectivity index (χ4n) is 2.67. The number of phosphoric ester groups is 2. The zero-order chi connectivity index (χ0) is 31.8. The third-order valence-corrected chi connectivity index (χ3v) is 6.54. The largest absolute Gasteiger partial charge is 0.530 e. The molecular weight excluding hydrogens is 641 g/mol. The molecule has 0 heterocycles. The number of nitrogens with one attached hydrogen (secondary N) is 2. The summed E-state index contributed by atoms with van der Waals surface area (Å²) >= 11 is 10.8. The van der Waals surface area contributed by atoms with E-state index in [1.807, 2.05) is 0 Å². The Morgan fingerprint density at radius 3 is 1.52 bits per heavy atom. The van der Waals surface area contributed by atoms with E-state index in [2.05, 4.69) is 28.3 Å². The molecule has 0 bridgehead atoms. The minimum Gasteiger partial charge on any atom is -0.493 e. The number of rotatable bonds is 16. The Labute approximate surface area is 252 Å². The van der Waals surface area contributed by atoms with Crippen molar-refractivity contribution in [2.45, 2.75) is 0 Å². The average Bonchev–Trinajstić information content (AvgIpc) is 2.94. The number of carbonyl (C=O) groups is 2. The van der Waals surface area contributed by atoms with E-state index in [0.29, 0.717) is 5.69 Å². The molecule has 18 heteroatoms. The molecule has 0 atom stereocenters. The van der Waals surface area contributed by atoms with E-state index in [1.165, 1.54) is 56.7 Å². The van der Waals surface area contributed by atoms with Gasteiger partial charge in [-0.2, -0.15) is 0 Å². The van der Waals surface area contributed by atoms with Crippen LogP contribution in [0.1, 0.15) is 0 Å². The second-order valence-electron chi connectivity index (χ2n) is 7.38. The third kappa shape index (κ3) is 13.7. The van der Waals surface area contributed by atoms with Crippen LogP contribution in [-0.2, 0) is 27.8 Å². The van der Waals surface area contributed by atoms with Gasteiger partial charge in [0, 0.05) is 23.5 Å². The molecule has 4 N–H and O–H groups in total. The summed E-state index contributed by atoms with van der Waals surface area (Å²) in [5.74, 6) is -0.997. The number of methoxy groups -OCH3 is 2. The van der Waals surface area contributed by atoms with E-state index >= 15 is 0 Å². The first-order valence-corrected chi connectivity index (χ1v) is 15.5. The summed E-state index contributed by atoms with van der Waals surface area (Å²) in [4.78, 5) is 39.9. The van der Waals surface area contributed by atoms with Crippen LogP contribution in [0.5, 0.6) is 23.0 Å². The van der Waals surface area contributed by atoms with Crippen LogP contribution in [0.25, 0.3) is 0 Å². The van der Waals surface area contributed by atoms with E-state index < -0.39 is 27.5 Å².